The first-order chi connectivity index (χ1) is 11.1. The lowest BCUT2D eigenvalue weighted by molar-refractivity contribution is 0.0952. The van der Waals surface area contributed by atoms with Crippen molar-refractivity contribution in [3.8, 4) is 0 Å². The first-order valence-corrected chi connectivity index (χ1v) is 8.18. The predicted molar refractivity (Wildman–Crippen MR) is 93.6 cm³/mol. The van der Waals surface area contributed by atoms with Gasteiger partial charge in [-0.15, -0.1) is 0 Å². The molecule has 1 amide bonds. The Kier molecular flexibility index (Phi) is 6.62. The average Bonchev–Trinajstić information content (AvgIpc) is 2.55. The van der Waals surface area contributed by atoms with Crippen molar-refractivity contribution in [2.45, 2.75) is 26.2 Å². The van der Waals surface area contributed by atoms with E-state index in [0.29, 0.717) is 33.8 Å². The molecule has 0 aliphatic heterocycles. The van der Waals surface area contributed by atoms with Crippen molar-refractivity contribution >= 4 is 40.7 Å². The maximum atomic E-state index is 11.9. The fourth-order valence-electron chi connectivity index (χ4n) is 1.90. The molecule has 0 radical (unpaired) electrons. The Morgan fingerprint density at radius 1 is 1.17 bits per heavy atom. The van der Waals surface area contributed by atoms with Crippen LogP contribution in [0.2, 0.25) is 10.0 Å². The Hall–Kier alpha value is -1.85. The normalized spacial score (nSPS) is 10.4. The first kappa shape index (κ1) is 17.5. The third kappa shape index (κ3) is 5.37. The van der Waals surface area contributed by atoms with E-state index < -0.39 is 0 Å². The van der Waals surface area contributed by atoms with E-state index >= 15 is 0 Å². The summed E-state index contributed by atoms with van der Waals surface area (Å²) in [6.45, 7) is 2.78. The average molecular weight is 353 g/mol. The third-order valence-corrected chi connectivity index (χ3v) is 3.71. The Morgan fingerprint density at radius 2 is 1.91 bits per heavy atom. The molecule has 7 heteroatoms. The van der Waals surface area contributed by atoms with Crippen LogP contribution in [-0.2, 0) is 0 Å². The Morgan fingerprint density at radius 3 is 2.57 bits per heavy atom. The minimum Gasteiger partial charge on any atom is -0.352 e. The van der Waals surface area contributed by atoms with Crippen molar-refractivity contribution in [3.63, 3.8) is 0 Å². The van der Waals surface area contributed by atoms with Crippen LogP contribution in [-0.4, -0.2) is 22.4 Å². The minimum absolute atomic E-state index is 0.169. The van der Waals surface area contributed by atoms with Gasteiger partial charge in [-0.1, -0.05) is 43.0 Å². The molecule has 1 aromatic heterocycles. The fourth-order valence-corrected chi connectivity index (χ4v) is 2.36. The molecule has 0 bridgehead atoms. The molecule has 23 heavy (non-hydrogen) atoms. The summed E-state index contributed by atoms with van der Waals surface area (Å²) in [5.74, 6) is 0.189. The SMILES string of the molecule is CCCCCNC(=O)c1cnc(Nc2ccc(Cl)cc2Cl)nc1. The van der Waals surface area contributed by atoms with E-state index in [1.807, 2.05) is 0 Å². The highest BCUT2D eigenvalue weighted by Gasteiger charge is 2.08. The Labute approximate surface area is 145 Å². The number of anilines is 2. The number of nitrogens with one attached hydrogen (secondary N) is 2. The van der Waals surface area contributed by atoms with E-state index in [9.17, 15) is 4.79 Å². The predicted octanol–water partition coefficient (Wildman–Crippen LogP) is 4.45. The van der Waals surface area contributed by atoms with E-state index in [1.165, 1.54) is 12.4 Å². The van der Waals surface area contributed by atoms with Crippen LogP contribution in [0.15, 0.2) is 30.6 Å². The lowest BCUT2D eigenvalue weighted by Crippen LogP contribution is -2.24. The molecule has 0 atom stereocenters. The van der Waals surface area contributed by atoms with Gasteiger partial charge in [0.05, 0.1) is 16.3 Å². The van der Waals surface area contributed by atoms with Crippen molar-refractivity contribution in [1.29, 1.82) is 0 Å². The maximum Gasteiger partial charge on any atom is 0.254 e. The van der Waals surface area contributed by atoms with Gasteiger partial charge in [0.1, 0.15) is 0 Å². The Bertz CT molecular complexity index is 662. The summed E-state index contributed by atoms with van der Waals surface area (Å²) in [7, 11) is 0. The van der Waals surface area contributed by atoms with Gasteiger partial charge >= 0.3 is 0 Å². The van der Waals surface area contributed by atoms with Gasteiger partial charge < -0.3 is 10.6 Å². The third-order valence-electron chi connectivity index (χ3n) is 3.16. The number of carbonyl (C=O) groups is 1. The highest BCUT2D eigenvalue weighted by molar-refractivity contribution is 6.36. The monoisotopic (exact) mass is 352 g/mol. The largest absolute Gasteiger partial charge is 0.352 e. The highest BCUT2D eigenvalue weighted by atomic mass is 35.5. The van der Waals surface area contributed by atoms with Gasteiger partial charge in [-0.05, 0) is 24.6 Å². The van der Waals surface area contributed by atoms with Crippen LogP contribution in [0, 0.1) is 0 Å². The molecule has 0 saturated heterocycles. The molecule has 0 fully saturated rings. The van der Waals surface area contributed by atoms with E-state index in [0.717, 1.165) is 19.3 Å². The molecule has 0 aliphatic rings. The van der Waals surface area contributed by atoms with Crippen molar-refractivity contribution in [2.24, 2.45) is 0 Å². The molecule has 1 aromatic carbocycles. The topological polar surface area (TPSA) is 66.9 Å². The number of rotatable bonds is 7. The van der Waals surface area contributed by atoms with Gasteiger partial charge in [-0.2, -0.15) is 0 Å². The summed E-state index contributed by atoms with van der Waals surface area (Å²) in [5.41, 5.74) is 1.07. The number of unbranched alkanes of at least 4 members (excludes halogenated alkanes) is 2. The summed E-state index contributed by atoms with van der Waals surface area (Å²) in [6, 6.07) is 5.08. The summed E-state index contributed by atoms with van der Waals surface area (Å²) < 4.78 is 0. The van der Waals surface area contributed by atoms with Crippen LogP contribution in [0.5, 0.6) is 0 Å². The molecular formula is C16H18Cl2N4O. The van der Waals surface area contributed by atoms with Crippen molar-refractivity contribution < 1.29 is 4.79 Å². The lowest BCUT2D eigenvalue weighted by atomic mass is 10.2. The molecule has 2 N–H and O–H groups in total. The van der Waals surface area contributed by atoms with Gasteiger partial charge in [0.2, 0.25) is 5.95 Å². The lowest BCUT2D eigenvalue weighted by Gasteiger charge is -2.08. The molecular weight excluding hydrogens is 335 g/mol. The molecule has 0 unspecified atom stereocenters. The minimum atomic E-state index is -0.169. The first-order valence-electron chi connectivity index (χ1n) is 7.42. The van der Waals surface area contributed by atoms with Gasteiger partial charge in [0, 0.05) is 24.0 Å². The fraction of sp³-hybridized carbons (Fsp3) is 0.312. The van der Waals surface area contributed by atoms with Gasteiger partial charge in [-0.25, -0.2) is 9.97 Å². The van der Waals surface area contributed by atoms with E-state index in [1.54, 1.807) is 18.2 Å². The van der Waals surface area contributed by atoms with Crippen LogP contribution in [0.3, 0.4) is 0 Å². The second kappa shape index (κ2) is 8.70. The number of amides is 1. The van der Waals surface area contributed by atoms with Gasteiger partial charge in [0.15, 0.2) is 0 Å². The van der Waals surface area contributed by atoms with Crippen LogP contribution < -0.4 is 10.6 Å². The number of hydrogen-bond donors (Lipinski definition) is 2. The summed E-state index contributed by atoms with van der Waals surface area (Å²) >= 11 is 11.9. The molecule has 5 nitrogen and oxygen atoms in total. The standard InChI is InChI=1S/C16H18Cl2N4O/c1-2-3-4-7-19-15(23)11-9-20-16(21-10-11)22-14-6-5-12(17)8-13(14)18/h5-6,8-10H,2-4,7H2,1H3,(H,19,23)(H,20,21,22). The quantitative estimate of drug-likeness (QED) is 0.722. The maximum absolute atomic E-state index is 11.9. The molecule has 1 heterocycles. The zero-order valence-corrected chi connectivity index (χ0v) is 14.3. The number of aromatic nitrogens is 2. The zero-order valence-electron chi connectivity index (χ0n) is 12.8. The van der Waals surface area contributed by atoms with E-state index in [-0.39, 0.29) is 5.91 Å². The molecule has 122 valence electrons. The van der Waals surface area contributed by atoms with Crippen LogP contribution in [0.25, 0.3) is 0 Å². The number of carbonyl (C=O) groups excluding carboxylic acids is 1. The highest BCUT2D eigenvalue weighted by Crippen LogP contribution is 2.26. The number of halogens is 2. The van der Waals surface area contributed by atoms with Crippen molar-refractivity contribution in [1.82, 2.24) is 15.3 Å². The number of hydrogen-bond acceptors (Lipinski definition) is 4. The number of benzene rings is 1. The Balaban J connectivity index is 1.95. The zero-order chi connectivity index (χ0) is 16.7. The summed E-state index contributed by atoms with van der Waals surface area (Å²) in [6.07, 6.45) is 6.15. The molecule has 2 rings (SSSR count). The smallest absolute Gasteiger partial charge is 0.254 e. The van der Waals surface area contributed by atoms with Crippen LogP contribution in [0.4, 0.5) is 11.6 Å². The van der Waals surface area contributed by atoms with E-state index in [2.05, 4.69) is 27.5 Å². The number of nitrogens with zero attached hydrogens (tertiary/aromatic N) is 2. The summed E-state index contributed by atoms with van der Waals surface area (Å²) in [4.78, 5) is 20.2. The molecule has 0 saturated carbocycles. The van der Waals surface area contributed by atoms with Gasteiger partial charge in [0.25, 0.3) is 5.91 Å². The van der Waals surface area contributed by atoms with Crippen molar-refractivity contribution in [3.05, 3.63) is 46.2 Å². The second-order valence-corrected chi connectivity index (χ2v) is 5.85. The van der Waals surface area contributed by atoms with Crippen LogP contribution >= 0.6 is 23.2 Å². The van der Waals surface area contributed by atoms with E-state index in [4.69, 9.17) is 23.2 Å². The molecule has 0 spiro atoms. The van der Waals surface area contributed by atoms with Crippen LogP contribution in [0.1, 0.15) is 36.5 Å². The van der Waals surface area contributed by atoms with Gasteiger partial charge in [-0.3, -0.25) is 4.79 Å². The summed E-state index contributed by atoms with van der Waals surface area (Å²) in [5, 5.41) is 6.85. The molecule has 2 aromatic rings. The molecule has 0 aliphatic carbocycles. The van der Waals surface area contributed by atoms with Crippen molar-refractivity contribution in [2.75, 3.05) is 11.9 Å². The second-order valence-electron chi connectivity index (χ2n) is 5.01.